The van der Waals surface area contributed by atoms with Gasteiger partial charge in [0.25, 0.3) is 0 Å². The van der Waals surface area contributed by atoms with Crippen LogP contribution in [0.2, 0.25) is 0 Å². The monoisotopic (exact) mass is 322 g/mol. The maximum atomic E-state index is 4.92. The SMILES string of the molecule is c1ccc2c(CCc3csc(C4CCNCC4)n3)cccc2c1. The Morgan fingerprint density at radius 3 is 2.74 bits per heavy atom. The molecule has 0 atom stereocenters. The molecule has 0 unspecified atom stereocenters. The fourth-order valence-corrected chi connectivity index (χ4v) is 4.49. The largest absolute Gasteiger partial charge is 0.317 e. The van der Waals surface area contributed by atoms with E-state index in [4.69, 9.17) is 4.98 Å². The van der Waals surface area contributed by atoms with Crippen molar-refractivity contribution in [2.45, 2.75) is 31.6 Å². The van der Waals surface area contributed by atoms with E-state index in [1.807, 2.05) is 11.3 Å². The molecule has 0 aliphatic carbocycles. The highest BCUT2D eigenvalue weighted by Gasteiger charge is 2.18. The van der Waals surface area contributed by atoms with Crippen molar-refractivity contribution < 1.29 is 0 Å². The van der Waals surface area contributed by atoms with Crippen molar-refractivity contribution in [3.63, 3.8) is 0 Å². The molecular weight excluding hydrogens is 300 g/mol. The van der Waals surface area contributed by atoms with Crippen LogP contribution in [-0.2, 0) is 12.8 Å². The first-order valence-electron chi connectivity index (χ1n) is 8.52. The van der Waals surface area contributed by atoms with Crippen LogP contribution in [0.15, 0.2) is 47.8 Å². The summed E-state index contributed by atoms with van der Waals surface area (Å²) in [4.78, 5) is 4.92. The normalized spacial score (nSPS) is 16.0. The van der Waals surface area contributed by atoms with E-state index in [1.54, 1.807) is 0 Å². The van der Waals surface area contributed by atoms with E-state index in [-0.39, 0.29) is 0 Å². The number of hydrogen-bond donors (Lipinski definition) is 1. The second-order valence-corrected chi connectivity index (χ2v) is 7.23. The molecule has 1 saturated heterocycles. The smallest absolute Gasteiger partial charge is 0.0960 e. The third kappa shape index (κ3) is 3.31. The summed E-state index contributed by atoms with van der Waals surface area (Å²) in [5.74, 6) is 0.674. The molecule has 1 aliphatic rings. The maximum absolute atomic E-state index is 4.92. The molecule has 1 aromatic heterocycles. The molecule has 2 nitrogen and oxygen atoms in total. The molecule has 1 fully saturated rings. The minimum atomic E-state index is 0.674. The van der Waals surface area contributed by atoms with E-state index >= 15 is 0 Å². The summed E-state index contributed by atoms with van der Waals surface area (Å²) in [6.45, 7) is 2.27. The highest BCUT2D eigenvalue weighted by Crippen LogP contribution is 2.28. The first-order valence-corrected chi connectivity index (χ1v) is 9.40. The van der Waals surface area contributed by atoms with Crippen molar-refractivity contribution in [1.29, 1.82) is 0 Å². The van der Waals surface area contributed by atoms with Gasteiger partial charge in [-0.05, 0) is 55.1 Å². The maximum Gasteiger partial charge on any atom is 0.0960 e. The Morgan fingerprint density at radius 1 is 1.00 bits per heavy atom. The molecule has 1 N–H and O–H groups in total. The topological polar surface area (TPSA) is 24.9 Å². The van der Waals surface area contributed by atoms with Gasteiger partial charge in [0.1, 0.15) is 0 Å². The van der Waals surface area contributed by atoms with E-state index in [0.717, 1.165) is 25.9 Å². The number of fused-ring (bicyclic) bond motifs is 1. The van der Waals surface area contributed by atoms with Crippen LogP contribution in [0.4, 0.5) is 0 Å². The summed E-state index contributed by atoms with van der Waals surface area (Å²) in [7, 11) is 0. The van der Waals surface area contributed by atoms with Gasteiger partial charge in [-0.1, -0.05) is 42.5 Å². The zero-order valence-corrected chi connectivity index (χ0v) is 14.1. The standard InChI is InChI=1S/C20H22N2S/c1-2-7-19-15(4-1)5-3-6-16(19)8-9-18-14-23-20(22-18)17-10-12-21-13-11-17/h1-7,14,17,21H,8-13H2. The number of hydrogen-bond acceptors (Lipinski definition) is 3. The molecule has 3 heteroatoms. The number of benzene rings is 2. The van der Waals surface area contributed by atoms with Crippen LogP contribution in [0, 0.1) is 0 Å². The molecule has 0 radical (unpaired) electrons. The van der Waals surface area contributed by atoms with Gasteiger partial charge < -0.3 is 5.32 Å². The Labute approximate surface area is 141 Å². The number of aryl methyl sites for hydroxylation is 2. The van der Waals surface area contributed by atoms with Gasteiger partial charge in [-0.2, -0.15) is 0 Å². The molecule has 2 aromatic carbocycles. The summed E-state index contributed by atoms with van der Waals surface area (Å²) in [5, 5.41) is 9.76. The van der Waals surface area contributed by atoms with Gasteiger partial charge in [0.05, 0.1) is 10.7 Å². The predicted molar refractivity (Wildman–Crippen MR) is 98.3 cm³/mol. The summed E-state index contributed by atoms with van der Waals surface area (Å²) in [6, 6.07) is 15.3. The molecule has 2 heterocycles. The van der Waals surface area contributed by atoms with E-state index < -0.39 is 0 Å². The van der Waals surface area contributed by atoms with Crippen LogP contribution < -0.4 is 5.32 Å². The van der Waals surface area contributed by atoms with Gasteiger partial charge in [0, 0.05) is 11.3 Å². The number of rotatable bonds is 4. The van der Waals surface area contributed by atoms with Crippen LogP contribution in [0.1, 0.15) is 35.0 Å². The Balaban J connectivity index is 1.47. The van der Waals surface area contributed by atoms with Crippen LogP contribution in [0.3, 0.4) is 0 Å². The van der Waals surface area contributed by atoms with Crippen molar-refractivity contribution in [1.82, 2.24) is 10.3 Å². The lowest BCUT2D eigenvalue weighted by Gasteiger charge is -2.20. The van der Waals surface area contributed by atoms with Crippen molar-refractivity contribution in [2.24, 2.45) is 0 Å². The molecular formula is C20H22N2S. The third-order valence-corrected chi connectivity index (χ3v) is 5.84. The van der Waals surface area contributed by atoms with Crippen LogP contribution >= 0.6 is 11.3 Å². The summed E-state index contributed by atoms with van der Waals surface area (Å²) in [6.07, 6.45) is 4.57. The molecule has 1 aliphatic heterocycles. The lowest BCUT2D eigenvalue weighted by molar-refractivity contribution is 0.458. The first-order chi connectivity index (χ1) is 11.4. The molecule has 0 spiro atoms. The summed E-state index contributed by atoms with van der Waals surface area (Å²) >= 11 is 1.86. The van der Waals surface area contributed by atoms with Crippen molar-refractivity contribution in [2.75, 3.05) is 13.1 Å². The summed E-state index contributed by atoms with van der Waals surface area (Å²) < 4.78 is 0. The molecule has 0 bridgehead atoms. The minimum absolute atomic E-state index is 0.674. The van der Waals surface area contributed by atoms with E-state index in [2.05, 4.69) is 53.2 Å². The number of thiazole rings is 1. The van der Waals surface area contributed by atoms with Crippen LogP contribution in [-0.4, -0.2) is 18.1 Å². The highest BCUT2D eigenvalue weighted by molar-refractivity contribution is 7.09. The van der Waals surface area contributed by atoms with Crippen molar-refractivity contribution in [3.05, 3.63) is 64.1 Å². The fraction of sp³-hybridized carbons (Fsp3) is 0.350. The number of nitrogens with one attached hydrogen (secondary N) is 1. The van der Waals surface area contributed by atoms with Crippen LogP contribution in [0.5, 0.6) is 0 Å². The summed E-state index contributed by atoms with van der Waals surface area (Å²) in [5.41, 5.74) is 2.69. The van der Waals surface area contributed by atoms with E-state index in [0.29, 0.717) is 5.92 Å². The molecule has 0 saturated carbocycles. The quantitative estimate of drug-likeness (QED) is 0.762. The Kier molecular flexibility index (Phi) is 4.40. The number of piperidine rings is 1. The van der Waals surface area contributed by atoms with Gasteiger partial charge in [-0.3, -0.25) is 0 Å². The number of aromatic nitrogens is 1. The lowest BCUT2D eigenvalue weighted by atomic mass is 9.99. The van der Waals surface area contributed by atoms with Gasteiger partial charge in [0.2, 0.25) is 0 Å². The van der Waals surface area contributed by atoms with Gasteiger partial charge in [-0.15, -0.1) is 11.3 Å². The lowest BCUT2D eigenvalue weighted by Crippen LogP contribution is -2.26. The Hall–Kier alpha value is -1.71. The third-order valence-electron chi connectivity index (χ3n) is 4.79. The molecule has 0 amide bonds. The molecule has 23 heavy (non-hydrogen) atoms. The van der Waals surface area contributed by atoms with Crippen molar-refractivity contribution in [3.8, 4) is 0 Å². The average molecular weight is 322 g/mol. The Morgan fingerprint density at radius 2 is 1.83 bits per heavy atom. The predicted octanol–water partition coefficient (Wildman–Crippen LogP) is 4.55. The van der Waals surface area contributed by atoms with Crippen molar-refractivity contribution >= 4 is 22.1 Å². The molecule has 4 rings (SSSR count). The Bertz CT molecular complexity index is 782. The van der Waals surface area contributed by atoms with Crippen LogP contribution in [0.25, 0.3) is 10.8 Å². The molecule has 3 aromatic rings. The molecule has 118 valence electrons. The zero-order chi connectivity index (χ0) is 15.5. The average Bonchev–Trinajstić information content (AvgIpc) is 3.10. The zero-order valence-electron chi connectivity index (χ0n) is 13.3. The second-order valence-electron chi connectivity index (χ2n) is 6.34. The fourth-order valence-electron chi connectivity index (χ4n) is 3.47. The van der Waals surface area contributed by atoms with E-state index in [1.165, 1.54) is 39.9 Å². The van der Waals surface area contributed by atoms with E-state index in [9.17, 15) is 0 Å². The van der Waals surface area contributed by atoms with Gasteiger partial charge in [0.15, 0.2) is 0 Å². The highest BCUT2D eigenvalue weighted by atomic mass is 32.1. The number of nitrogens with zero attached hydrogens (tertiary/aromatic N) is 1. The minimum Gasteiger partial charge on any atom is -0.317 e. The second kappa shape index (κ2) is 6.81. The van der Waals surface area contributed by atoms with Gasteiger partial charge in [-0.25, -0.2) is 4.98 Å². The first kappa shape index (κ1) is 14.9. The van der Waals surface area contributed by atoms with Gasteiger partial charge >= 0.3 is 0 Å².